The minimum Gasteiger partial charge on any atom is -0.495 e. The Morgan fingerprint density at radius 1 is 1.07 bits per heavy atom. The maximum absolute atomic E-state index is 13.1. The third kappa shape index (κ3) is 5.74. The number of methoxy groups -OCH3 is 1. The average molecular weight is 451 g/mol. The largest absolute Gasteiger partial charge is 0.495 e. The monoisotopic (exact) mass is 450 g/mol. The molecule has 1 amide bonds. The van der Waals surface area contributed by atoms with Crippen molar-refractivity contribution in [3.8, 4) is 5.75 Å². The van der Waals surface area contributed by atoms with Crippen molar-refractivity contribution in [3.63, 3.8) is 0 Å². The minimum absolute atomic E-state index is 0.165. The molecule has 0 radical (unpaired) electrons. The second kappa shape index (κ2) is 10.3. The maximum Gasteiger partial charge on any atom is 0.243 e. The molecular weight excluding hydrogens is 424 g/mol. The van der Waals surface area contributed by atoms with Crippen LogP contribution in [0.15, 0.2) is 47.4 Å². The molecule has 0 spiro atoms. The number of nitrogens with zero attached hydrogens (tertiary/aromatic N) is 1. The molecule has 1 fully saturated rings. The maximum atomic E-state index is 13.1. The number of aryl methyl sites for hydroxylation is 1. The van der Waals surface area contributed by atoms with Crippen LogP contribution in [0.5, 0.6) is 5.75 Å². The predicted octanol–water partition coefficient (Wildman–Crippen LogP) is 4.48. The highest BCUT2D eigenvalue weighted by molar-refractivity contribution is 7.89. The zero-order valence-electron chi connectivity index (χ0n) is 17.1. The van der Waals surface area contributed by atoms with Crippen LogP contribution in [0.2, 0.25) is 5.02 Å². The van der Waals surface area contributed by atoms with E-state index in [1.165, 1.54) is 23.5 Å². The first-order valence-corrected chi connectivity index (χ1v) is 11.9. The first-order valence-electron chi connectivity index (χ1n) is 10.1. The van der Waals surface area contributed by atoms with Gasteiger partial charge in [0.25, 0.3) is 0 Å². The Labute approximate surface area is 183 Å². The Balaban J connectivity index is 1.73. The van der Waals surface area contributed by atoms with Gasteiger partial charge in [0.15, 0.2) is 0 Å². The number of carbonyl (C=O) groups is 1. The van der Waals surface area contributed by atoms with E-state index >= 15 is 0 Å². The number of carbonyl (C=O) groups excluding carboxylic acids is 1. The molecule has 0 bridgehead atoms. The molecule has 6 nitrogen and oxygen atoms in total. The van der Waals surface area contributed by atoms with E-state index in [1.807, 2.05) is 12.1 Å². The number of nitrogens with one attached hydrogen (secondary N) is 1. The van der Waals surface area contributed by atoms with Crippen LogP contribution < -0.4 is 10.1 Å². The van der Waals surface area contributed by atoms with E-state index in [-0.39, 0.29) is 17.2 Å². The number of benzene rings is 2. The van der Waals surface area contributed by atoms with Gasteiger partial charge in [-0.1, -0.05) is 36.6 Å². The molecule has 1 aliphatic heterocycles. The van der Waals surface area contributed by atoms with Gasteiger partial charge in [-0.15, -0.1) is 0 Å². The van der Waals surface area contributed by atoms with Crippen molar-refractivity contribution in [2.45, 2.75) is 43.4 Å². The van der Waals surface area contributed by atoms with Gasteiger partial charge >= 0.3 is 0 Å². The van der Waals surface area contributed by atoms with Crippen LogP contribution in [0.25, 0.3) is 0 Å². The Morgan fingerprint density at radius 2 is 1.73 bits per heavy atom. The molecule has 1 N–H and O–H groups in total. The van der Waals surface area contributed by atoms with Gasteiger partial charge in [0.05, 0.1) is 17.7 Å². The topological polar surface area (TPSA) is 75.7 Å². The Hall–Kier alpha value is -2.09. The fourth-order valence-electron chi connectivity index (χ4n) is 3.50. The molecule has 3 rings (SSSR count). The molecule has 2 aromatic rings. The van der Waals surface area contributed by atoms with E-state index < -0.39 is 10.0 Å². The number of amides is 1. The SMILES string of the molecule is COc1ccc(S(=O)(=O)N2CCCCCC2)cc1NC(=O)CCc1ccc(Cl)cc1. The summed E-state index contributed by atoms with van der Waals surface area (Å²) >= 11 is 5.89. The van der Waals surface area contributed by atoms with Crippen molar-refractivity contribution < 1.29 is 17.9 Å². The zero-order chi connectivity index (χ0) is 21.6. The van der Waals surface area contributed by atoms with E-state index in [4.69, 9.17) is 16.3 Å². The van der Waals surface area contributed by atoms with Crippen molar-refractivity contribution >= 4 is 33.2 Å². The molecule has 0 unspecified atom stereocenters. The molecule has 0 aliphatic carbocycles. The van der Waals surface area contributed by atoms with Crippen LogP contribution in [0, 0.1) is 0 Å². The van der Waals surface area contributed by atoms with Gasteiger partial charge in [-0.3, -0.25) is 4.79 Å². The second-order valence-electron chi connectivity index (χ2n) is 7.36. The van der Waals surface area contributed by atoms with Gasteiger partial charge in [-0.25, -0.2) is 8.42 Å². The predicted molar refractivity (Wildman–Crippen MR) is 119 cm³/mol. The Kier molecular flexibility index (Phi) is 7.75. The summed E-state index contributed by atoms with van der Waals surface area (Å²) < 4.78 is 33.0. The Morgan fingerprint density at radius 3 is 2.37 bits per heavy atom. The van der Waals surface area contributed by atoms with Crippen molar-refractivity contribution in [2.75, 3.05) is 25.5 Å². The number of anilines is 1. The molecule has 0 saturated carbocycles. The molecule has 8 heteroatoms. The van der Waals surface area contributed by atoms with Crippen LogP contribution in [-0.4, -0.2) is 38.8 Å². The van der Waals surface area contributed by atoms with E-state index in [0.29, 0.717) is 36.0 Å². The lowest BCUT2D eigenvalue weighted by Gasteiger charge is -2.21. The van der Waals surface area contributed by atoms with Crippen LogP contribution >= 0.6 is 11.6 Å². The molecule has 1 heterocycles. The van der Waals surface area contributed by atoms with Gasteiger partial charge < -0.3 is 10.1 Å². The lowest BCUT2D eigenvalue weighted by molar-refractivity contribution is -0.116. The number of ether oxygens (including phenoxy) is 1. The first-order chi connectivity index (χ1) is 14.4. The van der Waals surface area contributed by atoms with E-state index in [9.17, 15) is 13.2 Å². The minimum atomic E-state index is -3.61. The summed E-state index contributed by atoms with van der Waals surface area (Å²) in [4.78, 5) is 12.6. The third-order valence-corrected chi connectivity index (χ3v) is 7.35. The zero-order valence-corrected chi connectivity index (χ0v) is 18.6. The summed E-state index contributed by atoms with van der Waals surface area (Å²) in [7, 11) is -2.13. The smallest absolute Gasteiger partial charge is 0.243 e. The molecule has 1 saturated heterocycles. The second-order valence-corrected chi connectivity index (χ2v) is 9.73. The summed E-state index contributed by atoms with van der Waals surface area (Å²) in [5, 5.41) is 3.45. The van der Waals surface area contributed by atoms with Crippen LogP contribution in [0.1, 0.15) is 37.7 Å². The summed E-state index contributed by atoms with van der Waals surface area (Å²) in [5.74, 6) is 0.206. The van der Waals surface area contributed by atoms with Crippen LogP contribution in [0.4, 0.5) is 5.69 Å². The molecule has 162 valence electrons. The third-order valence-electron chi connectivity index (χ3n) is 5.20. The highest BCUT2D eigenvalue weighted by atomic mass is 35.5. The quantitative estimate of drug-likeness (QED) is 0.674. The standard InChI is InChI=1S/C22H27ClN2O4S/c1-29-21-12-11-19(30(27,28)25-14-4-2-3-5-15-25)16-20(21)24-22(26)13-8-17-6-9-18(23)10-7-17/h6-7,9-12,16H,2-5,8,13-15H2,1H3,(H,24,26). The Bertz CT molecular complexity index is 969. The fraction of sp³-hybridized carbons (Fsp3) is 0.409. The number of hydrogen-bond donors (Lipinski definition) is 1. The number of sulfonamides is 1. The first kappa shape index (κ1) is 22.6. The molecular formula is C22H27ClN2O4S. The molecule has 1 aliphatic rings. The van der Waals surface area contributed by atoms with Gasteiger partial charge in [0, 0.05) is 24.5 Å². The van der Waals surface area contributed by atoms with Crippen molar-refractivity contribution in [1.29, 1.82) is 0 Å². The molecule has 0 atom stereocenters. The fourth-order valence-corrected chi connectivity index (χ4v) is 5.17. The summed E-state index contributed by atoms with van der Waals surface area (Å²) in [6.45, 7) is 1.05. The van der Waals surface area contributed by atoms with E-state index in [0.717, 1.165) is 31.2 Å². The van der Waals surface area contributed by atoms with Gasteiger partial charge in [-0.05, 0) is 55.2 Å². The highest BCUT2D eigenvalue weighted by Gasteiger charge is 2.26. The molecule has 2 aromatic carbocycles. The summed E-state index contributed by atoms with van der Waals surface area (Å²) in [5.41, 5.74) is 1.36. The number of rotatable bonds is 7. The van der Waals surface area contributed by atoms with Crippen molar-refractivity contribution in [1.82, 2.24) is 4.31 Å². The highest BCUT2D eigenvalue weighted by Crippen LogP contribution is 2.30. The molecule has 0 aromatic heterocycles. The molecule has 30 heavy (non-hydrogen) atoms. The van der Waals surface area contributed by atoms with Gasteiger partial charge in [0.1, 0.15) is 5.75 Å². The lowest BCUT2D eigenvalue weighted by Crippen LogP contribution is -2.32. The number of halogens is 1. The van der Waals surface area contributed by atoms with Crippen LogP contribution in [0.3, 0.4) is 0 Å². The van der Waals surface area contributed by atoms with Crippen LogP contribution in [-0.2, 0) is 21.2 Å². The van der Waals surface area contributed by atoms with E-state index in [1.54, 1.807) is 18.2 Å². The number of hydrogen-bond acceptors (Lipinski definition) is 4. The summed E-state index contributed by atoms with van der Waals surface area (Å²) in [6.07, 6.45) is 4.63. The lowest BCUT2D eigenvalue weighted by atomic mass is 10.1. The van der Waals surface area contributed by atoms with Gasteiger partial charge in [-0.2, -0.15) is 4.31 Å². The average Bonchev–Trinajstić information content (AvgIpc) is 3.03. The van der Waals surface area contributed by atoms with Crippen molar-refractivity contribution in [3.05, 3.63) is 53.1 Å². The normalized spacial score (nSPS) is 15.4. The van der Waals surface area contributed by atoms with E-state index in [2.05, 4.69) is 5.32 Å². The summed E-state index contributed by atoms with van der Waals surface area (Å²) in [6, 6.07) is 11.9. The van der Waals surface area contributed by atoms with Gasteiger partial charge in [0.2, 0.25) is 15.9 Å². The van der Waals surface area contributed by atoms with Crippen molar-refractivity contribution in [2.24, 2.45) is 0 Å².